The molecule has 0 bridgehead atoms. The summed E-state index contributed by atoms with van der Waals surface area (Å²) in [5.41, 5.74) is 4.15. The van der Waals surface area contributed by atoms with Gasteiger partial charge in [-0.3, -0.25) is 4.79 Å². The van der Waals surface area contributed by atoms with Crippen molar-refractivity contribution in [3.05, 3.63) is 88.4 Å². The first-order valence-corrected chi connectivity index (χ1v) is 10.6. The molecule has 0 spiro atoms. The van der Waals surface area contributed by atoms with Crippen molar-refractivity contribution >= 4 is 40.9 Å². The highest BCUT2D eigenvalue weighted by molar-refractivity contribution is 6.34. The lowest BCUT2D eigenvalue weighted by Crippen LogP contribution is -2.17. The van der Waals surface area contributed by atoms with Crippen LogP contribution in [0.4, 0.5) is 10.5 Å². The summed E-state index contributed by atoms with van der Waals surface area (Å²) >= 11 is 6.40. The number of benzene rings is 3. The average molecular weight is 447 g/mol. The van der Waals surface area contributed by atoms with Crippen LogP contribution in [0.25, 0.3) is 11.6 Å². The van der Waals surface area contributed by atoms with E-state index in [4.69, 9.17) is 21.1 Å². The first-order valence-electron chi connectivity index (χ1n) is 10.2. The van der Waals surface area contributed by atoms with Gasteiger partial charge in [-0.1, -0.05) is 48.0 Å². The van der Waals surface area contributed by atoms with Crippen molar-refractivity contribution in [2.45, 2.75) is 12.5 Å². The lowest BCUT2D eigenvalue weighted by Gasteiger charge is -2.11. The van der Waals surface area contributed by atoms with Gasteiger partial charge in [0.05, 0.1) is 6.54 Å². The van der Waals surface area contributed by atoms with Gasteiger partial charge in [-0.25, -0.2) is 4.79 Å². The number of halogens is 1. The van der Waals surface area contributed by atoms with Gasteiger partial charge in [0.25, 0.3) is 5.91 Å². The number of amides is 2. The van der Waals surface area contributed by atoms with Crippen molar-refractivity contribution in [2.24, 2.45) is 0 Å². The van der Waals surface area contributed by atoms with Crippen molar-refractivity contribution in [3.63, 3.8) is 0 Å². The van der Waals surface area contributed by atoms with Crippen molar-refractivity contribution in [2.75, 3.05) is 11.9 Å². The van der Waals surface area contributed by atoms with Gasteiger partial charge in [-0.15, -0.1) is 0 Å². The fourth-order valence-corrected chi connectivity index (χ4v) is 4.01. The van der Waals surface area contributed by atoms with E-state index in [2.05, 4.69) is 10.6 Å². The normalized spacial score (nSPS) is 18.2. The van der Waals surface area contributed by atoms with Gasteiger partial charge >= 0.3 is 6.09 Å². The number of carbonyl (C=O) groups is 2. The number of alkyl carbamates (subject to hydrolysis) is 1. The molecule has 1 atom stereocenters. The molecule has 7 heteroatoms. The van der Waals surface area contributed by atoms with Crippen molar-refractivity contribution in [1.29, 1.82) is 0 Å². The average Bonchev–Trinajstić information content (AvgIpc) is 3.34. The fraction of sp³-hybridized carbons (Fsp3) is 0.120. The van der Waals surface area contributed by atoms with Crippen LogP contribution in [0.1, 0.15) is 16.7 Å². The van der Waals surface area contributed by atoms with Gasteiger partial charge in [0.1, 0.15) is 17.6 Å². The largest absolute Gasteiger partial charge is 0.457 e. The molecule has 3 aromatic carbocycles. The Balaban J connectivity index is 1.28. The van der Waals surface area contributed by atoms with E-state index in [0.29, 0.717) is 35.1 Å². The van der Waals surface area contributed by atoms with E-state index < -0.39 is 6.09 Å². The molecule has 1 fully saturated rings. The molecule has 6 nitrogen and oxygen atoms in total. The number of fused-ring (bicyclic) bond motifs is 1. The van der Waals surface area contributed by atoms with Gasteiger partial charge < -0.3 is 20.1 Å². The molecular weight excluding hydrogens is 428 g/mol. The number of hydrogen-bond acceptors (Lipinski definition) is 4. The zero-order chi connectivity index (χ0) is 22.1. The van der Waals surface area contributed by atoms with Crippen LogP contribution in [-0.4, -0.2) is 24.6 Å². The Morgan fingerprint density at radius 1 is 1.03 bits per heavy atom. The van der Waals surface area contributed by atoms with Crippen LogP contribution in [0.3, 0.4) is 0 Å². The summed E-state index contributed by atoms with van der Waals surface area (Å²) in [6.45, 7) is 0.475. The maximum atomic E-state index is 12.3. The minimum Gasteiger partial charge on any atom is -0.457 e. The van der Waals surface area contributed by atoms with Crippen molar-refractivity contribution in [1.82, 2.24) is 5.32 Å². The zero-order valence-electron chi connectivity index (χ0n) is 16.9. The highest BCUT2D eigenvalue weighted by Crippen LogP contribution is 2.33. The Kier molecular flexibility index (Phi) is 5.29. The standard InChI is InChI=1S/C25H19ClN2O4/c26-22-13-18(10-7-16(22)12-19-14-27-25(30)32-19)31-17-8-5-15(6-9-17)11-21-20-3-1-2-4-23(20)28-24(21)29/h1-11,13,19H,12,14H2,(H,27,30)(H,28,29)/b21-11-. The molecule has 2 aliphatic heterocycles. The van der Waals surface area contributed by atoms with Gasteiger partial charge in [0.15, 0.2) is 0 Å². The second-order valence-corrected chi connectivity index (χ2v) is 8.00. The van der Waals surface area contributed by atoms with E-state index in [1.165, 1.54) is 0 Å². The quantitative estimate of drug-likeness (QED) is 0.523. The molecule has 2 aliphatic rings. The van der Waals surface area contributed by atoms with E-state index in [0.717, 1.165) is 22.4 Å². The predicted octanol–water partition coefficient (Wildman–Crippen LogP) is 5.28. The second kappa shape index (κ2) is 8.40. The number of carbonyl (C=O) groups excluding carboxylic acids is 2. The van der Waals surface area contributed by atoms with Gasteiger partial charge in [-0.05, 0) is 47.5 Å². The Hall–Kier alpha value is -3.77. The highest BCUT2D eigenvalue weighted by atomic mass is 35.5. The van der Waals surface area contributed by atoms with Crippen LogP contribution < -0.4 is 15.4 Å². The number of ether oxygens (including phenoxy) is 2. The lowest BCUT2D eigenvalue weighted by atomic mass is 10.0. The summed E-state index contributed by atoms with van der Waals surface area (Å²) in [4.78, 5) is 23.5. The van der Waals surface area contributed by atoms with Crippen molar-refractivity contribution < 1.29 is 19.1 Å². The summed E-state index contributed by atoms with van der Waals surface area (Å²) in [7, 11) is 0. The van der Waals surface area contributed by atoms with E-state index >= 15 is 0 Å². The molecule has 0 aliphatic carbocycles. The third-order valence-electron chi connectivity index (χ3n) is 5.36. The SMILES string of the molecule is O=C1NCC(Cc2ccc(Oc3ccc(/C=C4\C(=O)Nc5ccccc54)cc3)cc2Cl)O1. The predicted molar refractivity (Wildman–Crippen MR) is 123 cm³/mol. The Labute approximate surface area is 189 Å². The summed E-state index contributed by atoms with van der Waals surface area (Å²) in [5, 5.41) is 6.06. The molecule has 160 valence electrons. The molecule has 2 N–H and O–H groups in total. The molecular formula is C25H19ClN2O4. The number of nitrogens with one attached hydrogen (secondary N) is 2. The molecule has 1 saturated heterocycles. The van der Waals surface area contributed by atoms with Crippen LogP contribution in [0.5, 0.6) is 11.5 Å². The van der Waals surface area contributed by atoms with E-state index in [1.807, 2.05) is 66.7 Å². The van der Waals surface area contributed by atoms with E-state index in [9.17, 15) is 9.59 Å². The maximum absolute atomic E-state index is 12.3. The van der Waals surface area contributed by atoms with Gasteiger partial charge in [-0.2, -0.15) is 0 Å². The minimum absolute atomic E-state index is 0.107. The number of anilines is 1. The lowest BCUT2D eigenvalue weighted by molar-refractivity contribution is -0.110. The summed E-state index contributed by atoms with van der Waals surface area (Å²) in [6, 6.07) is 20.6. The maximum Gasteiger partial charge on any atom is 0.407 e. The summed E-state index contributed by atoms with van der Waals surface area (Å²) < 4.78 is 11.1. The van der Waals surface area contributed by atoms with Crippen molar-refractivity contribution in [3.8, 4) is 11.5 Å². The molecule has 0 radical (unpaired) electrons. The number of cyclic esters (lactones) is 1. The van der Waals surface area contributed by atoms with Crippen LogP contribution >= 0.6 is 11.6 Å². The monoisotopic (exact) mass is 446 g/mol. The fourth-order valence-electron chi connectivity index (χ4n) is 3.77. The smallest absolute Gasteiger partial charge is 0.407 e. The Bertz CT molecular complexity index is 1240. The van der Waals surface area contributed by atoms with E-state index in [-0.39, 0.29) is 12.0 Å². The Morgan fingerprint density at radius 3 is 2.56 bits per heavy atom. The molecule has 3 aromatic rings. The third kappa shape index (κ3) is 4.18. The van der Waals surface area contributed by atoms with Crippen LogP contribution in [0, 0.1) is 0 Å². The molecule has 0 saturated carbocycles. The molecule has 1 unspecified atom stereocenters. The first-order chi connectivity index (χ1) is 15.5. The molecule has 0 aromatic heterocycles. The highest BCUT2D eigenvalue weighted by Gasteiger charge is 2.24. The number of para-hydroxylation sites is 1. The van der Waals surface area contributed by atoms with Crippen LogP contribution in [0.15, 0.2) is 66.7 Å². The third-order valence-corrected chi connectivity index (χ3v) is 5.71. The van der Waals surface area contributed by atoms with Gasteiger partial charge in [0.2, 0.25) is 0 Å². The van der Waals surface area contributed by atoms with Crippen LogP contribution in [-0.2, 0) is 16.0 Å². The zero-order valence-corrected chi connectivity index (χ0v) is 17.7. The molecule has 2 heterocycles. The van der Waals surface area contributed by atoms with Crippen LogP contribution in [0.2, 0.25) is 5.02 Å². The number of hydrogen-bond donors (Lipinski definition) is 2. The molecule has 32 heavy (non-hydrogen) atoms. The Morgan fingerprint density at radius 2 is 1.81 bits per heavy atom. The summed E-state index contributed by atoms with van der Waals surface area (Å²) in [5.74, 6) is 1.15. The molecule has 5 rings (SSSR count). The first kappa shape index (κ1) is 20.2. The molecule has 2 amide bonds. The second-order valence-electron chi connectivity index (χ2n) is 7.59. The minimum atomic E-state index is -0.400. The summed E-state index contributed by atoms with van der Waals surface area (Å²) in [6.07, 6.45) is 1.78. The topological polar surface area (TPSA) is 76.7 Å². The number of rotatable bonds is 5. The van der Waals surface area contributed by atoms with E-state index in [1.54, 1.807) is 6.07 Å². The van der Waals surface area contributed by atoms with Gasteiger partial charge in [0, 0.05) is 28.3 Å².